The van der Waals surface area contributed by atoms with E-state index < -0.39 is 4.87 Å². The molecule has 3 aromatic rings. The molecule has 1 N–H and O–H groups in total. The van der Waals surface area contributed by atoms with E-state index in [4.69, 9.17) is 11.6 Å². The fourth-order valence-electron chi connectivity index (χ4n) is 4.42. The maximum absolute atomic E-state index is 14.0. The maximum atomic E-state index is 14.0. The van der Waals surface area contributed by atoms with E-state index in [9.17, 15) is 14.0 Å². The molecule has 33 heavy (non-hydrogen) atoms. The first-order chi connectivity index (χ1) is 15.9. The zero-order valence-electron chi connectivity index (χ0n) is 17.8. The Kier molecular flexibility index (Phi) is 5.54. The molecule has 0 bridgehead atoms. The van der Waals surface area contributed by atoms with Gasteiger partial charge in [-0.15, -0.1) is 11.8 Å². The molecule has 0 aromatic heterocycles. The van der Waals surface area contributed by atoms with Crippen LogP contribution in [0.1, 0.15) is 16.7 Å². The lowest BCUT2D eigenvalue weighted by Gasteiger charge is -2.33. The first-order valence-electron chi connectivity index (χ1n) is 10.5. The number of urea groups is 1. The van der Waals surface area contributed by atoms with Crippen LogP contribution in [-0.2, 0) is 16.2 Å². The first kappa shape index (κ1) is 21.8. The molecule has 168 valence electrons. The minimum Gasteiger partial charge on any atom is -0.308 e. The number of nitrogens with zero attached hydrogens (tertiary/aromatic N) is 2. The molecule has 0 radical (unpaired) electrons. The molecule has 2 aliphatic rings. The minimum absolute atomic E-state index is 0.170. The summed E-state index contributed by atoms with van der Waals surface area (Å²) in [6, 6.07) is 18.5. The van der Waals surface area contributed by atoms with E-state index in [1.165, 1.54) is 23.9 Å². The van der Waals surface area contributed by atoms with Crippen molar-refractivity contribution in [2.75, 3.05) is 22.5 Å². The number of rotatable bonds is 3. The fourth-order valence-corrected chi connectivity index (χ4v) is 6.06. The summed E-state index contributed by atoms with van der Waals surface area (Å²) in [6.45, 7) is 2.69. The van der Waals surface area contributed by atoms with Gasteiger partial charge < -0.3 is 10.2 Å². The van der Waals surface area contributed by atoms with E-state index in [1.54, 1.807) is 46.2 Å². The van der Waals surface area contributed by atoms with Gasteiger partial charge in [0.2, 0.25) is 0 Å². The molecule has 3 aromatic carbocycles. The number of nitrogens with one attached hydrogen (secondary N) is 1. The summed E-state index contributed by atoms with van der Waals surface area (Å²) in [5.41, 5.74) is 3.96. The van der Waals surface area contributed by atoms with E-state index >= 15 is 0 Å². The predicted molar refractivity (Wildman–Crippen MR) is 130 cm³/mol. The van der Waals surface area contributed by atoms with Crippen molar-refractivity contribution in [2.24, 2.45) is 0 Å². The standard InChI is InChI=1S/C25H21ClFN3O2S/c1-16-5-10-22-21(13-16)25(23(31)29(22)15-17-6-8-19(27)9-7-17)30(11-12-33-25)24(32)28-20-4-2-3-18(26)14-20/h2-10,13-14H,11-12,15H2,1H3,(H,28,32)/t25-/m0/s1. The van der Waals surface area contributed by atoms with Crippen LogP contribution < -0.4 is 10.2 Å². The van der Waals surface area contributed by atoms with E-state index in [0.29, 0.717) is 29.6 Å². The zero-order chi connectivity index (χ0) is 23.2. The topological polar surface area (TPSA) is 52.7 Å². The molecule has 8 heteroatoms. The monoisotopic (exact) mass is 481 g/mol. The van der Waals surface area contributed by atoms with Crippen LogP contribution in [0.4, 0.5) is 20.6 Å². The number of fused-ring (bicyclic) bond motifs is 2. The van der Waals surface area contributed by atoms with Crippen LogP contribution in [0.5, 0.6) is 0 Å². The number of benzene rings is 3. The van der Waals surface area contributed by atoms with Crippen molar-refractivity contribution in [3.63, 3.8) is 0 Å². The van der Waals surface area contributed by atoms with Gasteiger partial charge in [-0.05, 0) is 48.9 Å². The van der Waals surface area contributed by atoms with Crippen LogP contribution >= 0.6 is 23.4 Å². The van der Waals surface area contributed by atoms with E-state index in [-0.39, 0.29) is 17.8 Å². The summed E-state index contributed by atoms with van der Waals surface area (Å²) in [7, 11) is 0. The van der Waals surface area contributed by atoms with Crippen molar-refractivity contribution < 1.29 is 14.0 Å². The summed E-state index contributed by atoms with van der Waals surface area (Å²) in [6.07, 6.45) is 0. The number of aryl methyl sites for hydroxylation is 1. The van der Waals surface area contributed by atoms with Gasteiger partial charge in [0.1, 0.15) is 5.82 Å². The van der Waals surface area contributed by atoms with Crippen molar-refractivity contribution in [3.8, 4) is 0 Å². The molecule has 3 amide bonds. The zero-order valence-corrected chi connectivity index (χ0v) is 19.4. The molecule has 0 aliphatic carbocycles. The van der Waals surface area contributed by atoms with Crippen LogP contribution in [0.3, 0.4) is 0 Å². The molecule has 0 saturated carbocycles. The van der Waals surface area contributed by atoms with E-state index in [2.05, 4.69) is 5.32 Å². The van der Waals surface area contributed by atoms with Gasteiger partial charge in [0.05, 0.1) is 12.2 Å². The summed E-state index contributed by atoms with van der Waals surface area (Å²) in [4.78, 5) is 29.5. The lowest BCUT2D eigenvalue weighted by molar-refractivity contribution is -0.123. The van der Waals surface area contributed by atoms with E-state index in [0.717, 1.165) is 22.4 Å². The largest absolute Gasteiger partial charge is 0.323 e. The van der Waals surface area contributed by atoms with Crippen molar-refractivity contribution >= 4 is 46.7 Å². The normalized spacial score (nSPS) is 19.3. The third-order valence-corrected chi connectivity index (χ3v) is 7.58. The number of amides is 3. The Hall–Kier alpha value is -3.03. The smallest absolute Gasteiger partial charge is 0.308 e. The molecule has 1 fully saturated rings. The first-order valence-corrected chi connectivity index (χ1v) is 11.9. The summed E-state index contributed by atoms with van der Waals surface area (Å²) in [5, 5.41) is 3.40. The molecule has 5 nitrogen and oxygen atoms in total. The quantitative estimate of drug-likeness (QED) is 0.517. The lowest BCUT2D eigenvalue weighted by atomic mass is 10.0. The SMILES string of the molecule is Cc1ccc2c(c1)[C@]1(SCCN1C(=O)Nc1cccc(Cl)c1)C(=O)N2Cc1ccc(F)cc1. The van der Waals surface area contributed by atoms with Gasteiger partial charge >= 0.3 is 6.03 Å². The molecular formula is C25H21ClFN3O2S. The number of carbonyl (C=O) groups is 2. The Bertz CT molecular complexity index is 1250. The molecule has 0 unspecified atom stereocenters. The van der Waals surface area contributed by atoms with Crippen LogP contribution in [0.2, 0.25) is 5.02 Å². The highest BCUT2D eigenvalue weighted by Crippen LogP contribution is 2.54. The third kappa shape index (κ3) is 3.75. The fraction of sp³-hybridized carbons (Fsp3) is 0.200. The molecule has 2 heterocycles. The molecular weight excluding hydrogens is 461 g/mol. The Morgan fingerprint density at radius 3 is 2.70 bits per heavy atom. The molecule has 2 aliphatic heterocycles. The summed E-state index contributed by atoms with van der Waals surface area (Å²) >= 11 is 7.54. The van der Waals surface area contributed by atoms with Crippen molar-refractivity contribution in [2.45, 2.75) is 18.3 Å². The molecule has 1 spiro atoms. The molecule has 1 saturated heterocycles. The van der Waals surface area contributed by atoms with Crippen molar-refractivity contribution in [3.05, 3.63) is 94.3 Å². The van der Waals surface area contributed by atoms with Gasteiger partial charge in [-0.2, -0.15) is 0 Å². The minimum atomic E-state index is -1.15. The number of carbonyl (C=O) groups excluding carboxylic acids is 2. The van der Waals surface area contributed by atoms with Gasteiger partial charge in [-0.25, -0.2) is 9.18 Å². The lowest BCUT2D eigenvalue weighted by Crippen LogP contribution is -2.51. The average molecular weight is 482 g/mol. The summed E-state index contributed by atoms with van der Waals surface area (Å²) < 4.78 is 13.4. The summed E-state index contributed by atoms with van der Waals surface area (Å²) in [5.74, 6) is 0.136. The van der Waals surface area contributed by atoms with Crippen LogP contribution in [0.25, 0.3) is 0 Å². The number of anilines is 2. The predicted octanol–water partition coefficient (Wildman–Crippen LogP) is 5.77. The molecule has 1 atom stereocenters. The number of halogens is 2. The Morgan fingerprint density at radius 1 is 1.15 bits per heavy atom. The number of thioether (sulfide) groups is 1. The maximum Gasteiger partial charge on any atom is 0.323 e. The van der Waals surface area contributed by atoms with Gasteiger partial charge in [0, 0.05) is 28.6 Å². The Balaban J connectivity index is 1.53. The van der Waals surface area contributed by atoms with Crippen LogP contribution in [0.15, 0.2) is 66.7 Å². The Labute approximate surface area is 200 Å². The van der Waals surface area contributed by atoms with Crippen LogP contribution in [0, 0.1) is 12.7 Å². The van der Waals surface area contributed by atoms with Gasteiger partial charge in [0.15, 0.2) is 4.87 Å². The highest BCUT2D eigenvalue weighted by atomic mass is 35.5. The number of hydrogen-bond acceptors (Lipinski definition) is 3. The van der Waals surface area contributed by atoms with Crippen LogP contribution in [-0.4, -0.2) is 29.1 Å². The van der Waals surface area contributed by atoms with E-state index in [1.807, 2.05) is 25.1 Å². The van der Waals surface area contributed by atoms with Crippen molar-refractivity contribution in [1.82, 2.24) is 4.90 Å². The Morgan fingerprint density at radius 2 is 1.94 bits per heavy atom. The second-order valence-corrected chi connectivity index (χ2v) is 9.85. The highest BCUT2D eigenvalue weighted by molar-refractivity contribution is 8.01. The molecule has 5 rings (SSSR count). The van der Waals surface area contributed by atoms with Gasteiger partial charge in [-0.1, -0.05) is 47.5 Å². The second-order valence-electron chi connectivity index (χ2n) is 8.12. The highest BCUT2D eigenvalue weighted by Gasteiger charge is 2.59. The third-order valence-electron chi connectivity index (χ3n) is 5.92. The van der Waals surface area contributed by atoms with Gasteiger partial charge in [0.25, 0.3) is 5.91 Å². The van der Waals surface area contributed by atoms with Crippen molar-refractivity contribution in [1.29, 1.82) is 0 Å². The second kappa shape index (κ2) is 8.39. The van der Waals surface area contributed by atoms with Gasteiger partial charge in [-0.3, -0.25) is 9.69 Å². The average Bonchev–Trinajstić information content (AvgIpc) is 3.32. The number of hydrogen-bond donors (Lipinski definition) is 1.